The number of Topliss-reactive ketones (excluding diaryl/α,β-unsaturated/α-hetero) is 1. The maximum Gasteiger partial charge on any atom is 0.139 e. The fourth-order valence-corrected chi connectivity index (χ4v) is 4.64. The van der Waals surface area contributed by atoms with Crippen molar-refractivity contribution in [1.82, 2.24) is 0 Å². The standard InChI is InChI=1S/C17H20O2/c1-10-9-13-11-7-8-17(2)14(4-6-16(17)18)12(11)3-5-15(13)19-10/h7,9,12,14H,3-6,8H2,1-2H3/t12-,14-,17-/m0/s1. The van der Waals surface area contributed by atoms with Crippen LogP contribution >= 0.6 is 0 Å². The predicted molar refractivity (Wildman–Crippen MR) is 73.7 cm³/mol. The van der Waals surface area contributed by atoms with Crippen LogP contribution in [0.25, 0.3) is 5.57 Å². The molecule has 1 aromatic heterocycles. The van der Waals surface area contributed by atoms with Gasteiger partial charge in [-0.05, 0) is 49.7 Å². The topological polar surface area (TPSA) is 30.2 Å². The highest BCUT2D eigenvalue weighted by Crippen LogP contribution is 2.57. The van der Waals surface area contributed by atoms with Crippen molar-refractivity contribution in [3.8, 4) is 0 Å². The van der Waals surface area contributed by atoms with E-state index >= 15 is 0 Å². The van der Waals surface area contributed by atoms with E-state index < -0.39 is 0 Å². The van der Waals surface area contributed by atoms with Crippen molar-refractivity contribution in [3.05, 3.63) is 29.2 Å². The highest BCUT2D eigenvalue weighted by atomic mass is 16.3. The van der Waals surface area contributed by atoms with E-state index in [4.69, 9.17) is 4.42 Å². The van der Waals surface area contributed by atoms with Gasteiger partial charge >= 0.3 is 0 Å². The van der Waals surface area contributed by atoms with Gasteiger partial charge < -0.3 is 4.42 Å². The minimum Gasteiger partial charge on any atom is -0.466 e. The molecule has 3 aliphatic rings. The second-order valence-corrected chi connectivity index (χ2v) is 6.69. The lowest BCUT2D eigenvalue weighted by molar-refractivity contribution is -0.126. The van der Waals surface area contributed by atoms with Crippen molar-refractivity contribution in [2.75, 3.05) is 0 Å². The number of fused-ring (bicyclic) bond motifs is 5. The quantitative estimate of drug-likeness (QED) is 0.704. The maximum absolute atomic E-state index is 12.2. The van der Waals surface area contributed by atoms with E-state index in [1.165, 1.54) is 11.1 Å². The first-order chi connectivity index (χ1) is 9.09. The Bertz CT molecular complexity index is 592. The van der Waals surface area contributed by atoms with Gasteiger partial charge in [0.15, 0.2) is 0 Å². The summed E-state index contributed by atoms with van der Waals surface area (Å²) in [7, 11) is 0. The van der Waals surface area contributed by atoms with Crippen molar-refractivity contribution >= 4 is 11.4 Å². The number of furan rings is 1. The number of hydrogen-bond donors (Lipinski definition) is 0. The van der Waals surface area contributed by atoms with Crippen LogP contribution in [0, 0.1) is 24.2 Å². The molecule has 0 amide bonds. The molecule has 3 atom stereocenters. The highest BCUT2D eigenvalue weighted by molar-refractivity contribution is 5.89. The van der Waals surface area contributed by atoms with Crippen molar-refractivity contribution in [3.63, 3.8) is 0 Å². The minimum atomic E-state index is -0.0789. The maximum atomic E-state index is 12.2. The molecule has 0 bridgehead atoms. The SMILES string of the molecule is Cc1cc2c(o1)CC[C@H]1C2=CC[C@]2(C)C(=O)CC[C@@H]12. The molecule has 0 N–H and O–H groups in total. The van der Waals surface area contributed by atoms with Crippen LogP contribution in [0.15, 0.2) is 16.6 Å². The van der Waals surface area contributed by atoms with Crippen molar-refractivity contribution in [2.45, 2.75) is 46.0 Å². The average molecular weight is 256 g/mol. The molecule has 1 fully saturated rings. The van der Waals surface area contributed by atoms with Crippen LogP contribution in [-0.2, 0) is 11.2 Å². The lowest BCUT2D eigenvalue weighted by atomic mass is 9.61. The van der Waals surface area contributed by atoms with Crippen LogP contribution in [0.1, 0.15) is 49.7 Å². The first-order valence-corrected chi connectivity index (χ1v) is 7.42. The fourth-order valence-electron chi connectivity index (χ4n) is 4.64. The van der Waals surface area contributed by atoms with E-state index in [-0.39, 0.29) is 5.41 Å². The molecular weight excluding hydrogens is 236 g/mol. The van der Waals surface area contributed by atoms with E-state index in [1.54, 1.807) is 0 Å². The summed E-state index contributed by atoms with van der Waals surface area (Å²) in [5.74, 6) is 3.80. The third-order valence-electron chi connectivity index (χ3n) is 5.69. The first-order valence-electron chi connectivity index (χ1n) is 7.42. The van der Waals surface area contributed by atoms with Crippen LogP contribution in [0.5, 0.6) is 0 Å². The van der Waals surface area contributed by atoms with E-state index in [2.05, 4.69) is 19.1 Å². The second kappa shape index (κ2) is 3.62. The van der Waals surface area contributed by atoms with Gasteiger partial charge in [-0.1, -0.05) is 13.0 Å². The molecule has 3 aliphatic carbocycles. The van der Waals surface area contributed by atoms with E-state index in [0.717, 1.165) is 43.6 Å². The summed E-state index contributed by atoms with van der Waals surface area (Å²) < 4.78 is 5.80. The number of carbonyl (C=O) groups excluding carboxylic acids is 1. The number of ketones is 1. The summed E-state index contributed by atoms with van der Waals surface area (Å²) in [4.78, 5) is 12.2. The number of allylic oxidation sites excluding steroid dienone is 2. The molecule has 0 saturated heterocycles. The molecule has 2 nitrogen and oxygen atoms in total. The van der Waals surface area contributed by atoms with Crippen LogP contribution in [-0.4, -0.2) is 5.78 Å². The molecule has 0 aromatic carbocycles. The normalized spacial score (nSPS) is 36.5. The Kier molecular flexibility index (Phi) is 2.19. The van der Waals surface area contributed by atoms with E-state index in [0.29, 0.717) is 17.6 Å². The third-order valence-corrected chi connectivity index (χ3v) is 5.69. The molecule has 0 unspecified atom stereocenters. The predicted octanol–water partition coefficient (Wildman–Crippen LogP) is 3.92. The van der Waals surface area contributed by atoms with E-state index in [9.17, 15) is 4.79 Å². The molecule has 4 rings (SSSR count). The van der Waals surface area contributed by atoms with Gasteiger partial charge in [-0.15, -0.1) is 0 Å². The highest BCUT2D eigenvalue weighted by Gasteiger charge is 2.52. The Labute approximate surface area is 113 Å². The lowest BCUT2D eigenvalue weighted by Gasteiger charge is -2.42. The number of hydrogen-bond acceptors (Lipinski definition) is 2. The van der Waals surface area contributed by atoms with Crippen LogP contribution in [0.3, 0.4) is 0 Å². The van der Waals surface area contributed by atoms with Gasteiger partial charge in [-0.3, -0.25) is 4.79 Å². The molecule has 100 valence electrons. The summed E-state index contributed by atoms with van der Waals surface area (Å²) in [6.07, 6.45) is 7.31. The van der Waals surface area contributed by atoms with Gasteiger partial charge in [0.2, 0.25) is 0 Å². The van der Waals surface area contributed by atoms with Crippen LogP contribution in [0.2, 0.25) is 0 Å². The van der Waals surface area contributed by atoms with Crippen molar-refractivity contribution in [1.29, 1.82) is 0 Å². The van der Waals surface area contributed by atoms with Gasteiger partial charge in [-0.2, -0.15) is 0 Å². The van der Waals surface area contributed by atoms with Gasteiger partial charge in [0, 0.05) is 23.8 Å². The molecule has 1 heterocycles. The fraction of sp³-hybridized carbons (Fsp3) is 0.588. The Morgan fingerprint density at radius 3 is 3.00 bits per heavy atom. The van der Waals surface area contributed by atoms with Gasteiger partial charge in [0.1, 0.15) is 17.3 Å². The van der Waals surface area contributed by atoms with Gasteiger partial charge in [0.05, 0.1) is 0 Å². The Balaban J connectivity index is 1.82. The molecule has 19 heavy (non-hydrogen) atoms. The number of aryl methyl sites for hydroxylation is 2. The number of rotatable bonds is 0. The molecule has 0 aliphatic heterocycles. The van der Waals surface area contributed by atoms with Crippen LogP contribution < -0.4 is 0 Å². The molecule has 2 heteroatoms. The van der Waals surface area contributed by atoms with Crippen molar-refractivity contribution < 1.29 is 9.21 Å². The summed E-state index contributed by atoms with van der Waals surface area (Å²) >= 11 is 0. The summed E-state index contributed by atoms with van der Waals surface area (Å²) in [5.41, 5.74) is 2.72. The summed E-state index contributed by atoms with van der Waals surface area (Å²) in [5, 5.41) is 0. The monoisotopic (exact) mass is 256 g/mol. The molecule has 1 saturated carbocycles. The van der Waals surface area contributed by atoms with Gasteiger partial charge in [0.25, 0.3) is 0 Å². The number of carbonyl (C=O) groups is 1. The first kappa shape index (κ1) is 11.5. The summed E-state index contributed by atoms with van der Waals surface area (Å²) in [6, 6.07) is 2.19. The Morgan fingerprint density at radius 1 is 1.32 bits per heavy atom. The minimum absolute atomic E-state index is 0.0789. The Hall–Kier alpha value is -1.31. The second-order valence-electron chi connectivity index (χ2n) is 6.69. The molecule has 1 aromatic rings. The smallest absolute Gasteiger partial charge is 0.139 e. The van der Waals surface area contributed by atoms with Crippen LogP contribution in [0.4, 0.5) is 0 Å². The largest absolute Gasteiger partial charge is 0.466 e. The zero-order valence-electron chi connectivity index (χ0n) is 11.7. The molecule has 0 spiro atoms. The molecular formula is C17H20O2. The van der Waals surface area contributed by atoms with Gasteiger partial charge in [-0.25, -0.2) is 0 Å². The molecule has 0 radical (unpaired) electrons. The zero-order chi connectivity index (χ0) is 13.2. The zero-order valence-corrected chi connectivity index (χ0v) is 11.7. The summed E-state index contributed by atoms with van der Waals surface area (Å²) in [6.45, 7) is 4.22. The van der Waals surface area contributed by atoms with E-state index in [1.807, 2.05) is 6.92 Å². The Morgan fingerprint density at radius 2 is 2.16 bits per heavy atom. The lowest BCUT2D eigenvalue weighted by Crippen LogP contribution is -2.37. The average Bonchev–Trinajstić information content (AvgIpc) is 2.90. The van der Waals surface area contributed by atoms with Crippen molar-refractivity contribution in [2.24, 2.45) is 17.3 Å². The third kappa shape index (κ3) is 1.40.